The molecule has 2 nitrogen and oxygen atoms in total. The van der Waals surface area contributed by atoms with E-state index in [1.54, 1.807) is 0 Å². The van der Waals surface area contributed by atoms with Crippen molar-refractivity contribution in [2.75, 3.05) is 0 Å². The molecule has 0 spiro atoms. The average molecular weight is 157 g/mol. The predicted molar refractivity (Wildman–Crippen MR) is 47.3 cm³/mol. The summed E-state index contributed by atoms with van der Waals surface area (Å²) in [5.41, 5.74) is 5.55. The smallest absolute Gasteiger partial charge is 0.149 e. The zero-order valence-electron chi connectivity index (χ0n) is 7.76. The zero-order valence-corrected chi connectivity index (χ0v) is 7.76. The Morgan fingerprint density at radius 3 is 2.36 bits per heavy atom. The summed E-state index contributed by atoms with van der Waals surface area (Å²) in [6.07, 6.45) is 2.37. The SMILES string of the molecule is CCC(N)C(=O)CCC(C)C. The Hall–Kier alpha value is -0.370. The molecule has 0 aromatic carbocycles. The Morgan fingerprint density at radius 1 is 1.45 bits per heavy atom. The van der Waals surface area contributed by atoms with E-state index in [0.29, 0.717) is 12.3 Å². The maximum atomic E-state index is 11.2. The lowest BCUT2D eigenvalue weighted by Crippen LogP contribution is -2.29. The van der Waals surface area contributed by atoms with Gasteiger partial charge in [0.25, 0.3) is 0 Å². The molecule has 0 aliphatic heterocycles. The third-order valence-electron chi connectivity index (χ3n) is 1.82. The van der Waals surface area contributed by atoms with E-state index in [-0.39, 0.29) is 11.8 Å². The van der Waals surface area contributed by atoms with E-state index in [4.69, 9.17) is 5.73 Å². The molecule has 66 valence electrons. The molecule has 0 rings (SSSR count). The Labute approximate surface area is 69.2 Å². The van der Waals surface area contributed by atoms with Crippen molar-refractivity contribution in [1.29, 1.82) is 0 Å². The van der Waals surface area contributed by atoms with Gasteiger partial charge in [0.05, 0.1) is 6.04 Å². The van der Waals surface area contributed by atoms with Crippen LogP contribution in [0.2, 0.25) is 0 Å². The van der Waals surface area contributed by atoms with Crippen LogP contribution in [0.3, 0.4) is 0 Å². The molecule has 0 saturated carbocycles. The summed E-state index contributed by atoms with van der Waals surface area (Å²) in [6, 6.07) is -0.228. The van der Waals surface area contributed by atoms with Gasteiger partial charge >= 0.3 is 0 Å². The van der Waals surface area contributed by atoms with Gasteiger partial charge in [-0.1, -0.05) is 20.8 Å². The van der Waals surface area contributed by atoms with Crippen molar-refractivity contribution in [2.24, 2.45) is 11.7 Å². The van der Waals surface area contributed by atoms with Crippen LogP contribution in [0.15, 0.2) is 0 Å². The molecule has 0 saturated heterocycles. The normalized spacial score (nSPS) is 13.5. The molecule has 0 amide bonds. The van der Waals surface area contributed by atoms with Crippen molar-refractivity contribution in [3.8, 4) is 0 Å². The van der Waals surface area contributed by atoms with E-state index in [2.05, 4.69) is 13.8 Å². The predicted octanol–water partition coefficient (Wildman–Crippen LogP) is 1.73. The number of nitrogens with two attached hydrogens (primary N) is 1. The summed E-state index contributed by atoms with van der Waals surface area (Å²) in [4.78, 5) is 11.2. The first-order valence-corrected chi connectivity index (χ1v) is 4.36. The van der Waals surface area contributed by atoms with Crippen molar-refractivity contribution in [1.82, 2.24) is 0 Å². The maximum absolute atomic E-state index is 11.2. The van der Waals surface area contributed by atoms with Crippen molar-refractivity contribution in [3.05, 3.63) is 0 Å². The van der Waals surface area contributed by atoms with Gasteiger partial charge in [0, 0.05) is 6.42 Å². The van der Waals surface area contributed by atoms with E-state index < -0.39 is 0 Å². The molecule has 0 radical (unpaired) electrons. The third kappa shape index (κ3) is 4.96. The lowest BCUT2D eigenvalue weighted by atomic mass is 10.0. The molecule has 2 N–H and O–H groups in total. The fourth-order valence-electron chi connectivity index (χ4n) is 0.844. The van der Waals surface area contributed by atoms with Crippen LogP contribution in [0.1, 0.15) is 40.0 Å². The standard InChI is InChI=1S/C9H19NO/c1-4-8(10)9(11)6-5-7(2)3/h7-8H,4-6,10H2,1-3H3. The maximum Gasteiger partial charge on any atom is 0.149 e. The molecule has 2 heteroatoms. The minimum Gasteiger partial charge on any atom is -0.322 e. The van der Waals surface area contributed by atoms with Crippen LogP contribution in [0.4, 0.5) is 0 Å². The summed E-state index contributed by atoms with van der Waals surface area (Å²) in [5.74, 6) is 0.809. The minimum absolute atomic E-state index is 0.209. The van der Waals surface area contributed by atoms with Gasteiger partial charge in [-0.15, -0.1) is 0 Å². The minimum atomic E-state index is -0.228. The summed E-state index contributed by atoms with van der Waals surface area (Å²) < 4.78 is 0. The molecule has 1 unspecified atom stereocenters. The second kappa shape index (κ2) is 5.30. The number of carbonyl (C=O) groups excluding carboxylic acids is 1. The molecule has 1 atom stereocenters. The van der Waals surface area contributed by atoms with Gasteiger partial charge in [-0.3, -0.25) is 4.79 Å². The van der Waals surface area contributed by atoms with E-state index in [9.17, 15) is 4.79 Å². The van der Waals surface area contributed by atoms with Gasteiger partial charge in [-0.25, -0.2) is 0 Å². The van der Waals surface area contributed by atoms with E-state index in [1.165, 1.54) is 0 Å². The molecule has 11 heavy (non-hydrogen) atoms. The first kappa shape index (κ1) is 10.6. The average Bonchev–Trinajstić information content (AvgIpc) is 1.98. The van der Waals surface area contributed by atoms with Crippen LogP contribution in [0, 0.1) is 5.92 Å². The molecule has 0 aromatic rings. The summed E-state index contributed by atoms with van der Waals surface area (Å²) in [5, 5.41) is 0. The van der Waals surface area contributed by atoms with Crippen molar-refractivity contribution < 1.29 is 4.79 Å². The zero-order chi connectivity index (χ0) is 8.85. The number of hydrogen-bond acceptors (Lipinski definition) is 2. The Bertz CT molecular complexity index is 121. The van der Waals surface area contributed by atoms with E-state index in [1.807, 2.05) is 6.92 Å². The lowest BCUT2D eigenvalue weighted by molar-refractivity contribution is -0.120. The Balaban J connectivity index is 3.52. The van der Waals surface area contributed by atoms with Crippen molar-refractivity contribution in [3.63, 3.8) is 0 Å². The van der Waals surface area contributed by atoms with Crippen molar-refractivity contribution >= 4 is 5.78 Å². The number of rotatable bonds is 5. The number of ketones is 1. The van der Waals surface area contributed by atoms with Crippen molar-refractivity contribution in [2.45, 2.75) is 46.1 Å². The first-order chi connectivity index (χ1) is 5.07. The Kier molecular flexibility index (Phi) is 5.12. The van der Waals surface area contributed by atoms with Gasteiger partial charge in [-0.05, 0) is 18.8 Å². The van der Waals surface area contributed by atoms with Gasteiger partial charge in [-0.2, -0.15) is 0 Å². The van der Waals surface area contributed by atoms with E-state index >= 15 is 0 Å². The molecule has 0 bridgehead atoms. The lowest BCUT2D eigenvalue weighted by Gasteiger charge is -2.08. The molecular formula is C9H19NO. The van der Waals surface area contributed by atoms with Crippen LogP contribution in [-0.4, -0.2) is 11.8 Å². The number of carbonyl (C=O) groups is 1. The topological polar surface area (TPSA) is 43.1 Å². The fourth-order valence-corrected chi connectivity index (χ4v) is 0.844. The van der Waals surface area contributed by atoms with Gasteiger partial charge in [0.2, 0.25) is 0 Å². The van der Waals surface area contributed by atoms with Gasteiger partial charge in [0.15, 0.2) is 0 Å². The first-order valence-electron chi connectivity index (χ1n) is 4.36. The quantitative estimate of drug-likeness (QED) is 0.660. The molecule has 0 aliphatic carbocycles. The number of hydrogen-bond donors (Lipinski definition) is 1. The van der Waals surface area contributed by atoms with Gasteiger partial charge in [0.1, 0.15) is 5.78 Å². The molecule has 0 fully saturated rings. The van der Waals surface area contributed by atoms with E-state index in [0.717, 1.165) is 12.8 Å². The molecule has 0 aliphatic rings. The largest absolute Gasteiger partial charge is 0.322 e. The van der Waals surface area contributed by atoms with Gasteiger partial charge < -0.3 is 5.73 Å². The highest BCUT2D eigenvalue weighted by molar-refractivity contribution is 5.83. The van der Waals surface area contributed by atoms with Crippen LogP contribution in [0.25, 0.3) is 0 Å². The highest BCUT2D eigenvalue weighted by Crippen LogP contribution is 2.05. The second-order valence-electron chi connectivity index (χ2n) is 3.41. The summed E-state index contributed by atoms with van der Waals surface area (Å²) in [6.45, 7) is 6.17. The third-order valence-corrected chi connectivity index (χ3v) is 1.82. The molecule has 0 heterocycles. The highest BCUT2D eigenvalue weighted by Gasteiger charge is 2.10. The Morgan fingerprint density at radius 2 is 2.00 bits per heavy atom. The monoisotopic (exact) mass is 157 g/mol. The highest BCUT2D eigenvalue weighted by atomic mass is 16.1. The molecule has 0 aromatic heterocycles. The van der Waals surface area contributed by atoms with Crippen LogP contribution >= 0.6 is 0 Å². The fraction of sp³-hybridized carbons (Fsp3) is 0.889. The summed E-state index contributed by atoms with van der Waals surface area (Å²) in [7, 11) is 0. The second-order valence-corrected chi connectivity index (χ2v) is 3.41. The van der Waals surface area contributed by atoms with Crippen LogP contribution in [-0.2, 0) is 4.79 Å². The molecular weight excluding hydrogens is 138 g/mol. The van der Waals surface area contributed by atoms with Crippen LogP contribution in [0.5, 0.6) is 0 Å². The number of Topliss-reactive ketones (excluding diaryl/α,β-unsaturated/α-hetero) is 1. The van der Waals surface area contributed by atoms with Crippen LogP contribution < -0.4 is 5.73 Å². The summed E-state index contributed by atoms with van der Waals surface area (Å²) >= 11 is 0.